The first-order valence-corrected chi connectivity index (χ1v) is 11.1. The smallest absolute Gasteiger partial charge is 0.271 e. The summed E-state index contributed by atoms with van der Waals surface area (Å²) in [7, 11) is 0. The van der Waals surface area contributed by atoms with Crippen molar-refractivity contribution in [2.45, 2.75) is 45.7 Å². The highest BCUT2D eigenvalue weighted by Crippen LogP contribution is 2.25. The Balaban J connectivity index is 1.75. The molecule has 0 aromatic carbocycles. The van der Waals surface area contributed by atoms with E-state index in [4.69, 9.17) is 0 Å². The summed E-state index contributed by atoms with van der Waals surface area (Å²) in [4.78, 5) is 36.3. The number of piperidine rings is 1. The highest BCUT2D eigenvalue weighted by Gasteiger charge is 2.28. The van der Waals surface area contributed by atoms with Crippen LogP contribution in [0.4, 0.5) is 5.69 Å². The molecule has 0 unspecified atom stereocenters. The van der Waals surface area contributed by atoms with E-state index in [1.54, 1.807) is 24.7 Å². The molecule has 2 aromatic heterocycles. The van der Waals surface area contributed by atoms with Gasteiger partial charge in [0.15, 0.2) is 0 Å². The third kappa shape index (κ3) is 6.04. The predicted molar refractivity (Wildman–Crippen MR) is 125 cm³/mol. The van der Waals surface area contributed by atoms with Gasteiger partial charge < -0.3 is 20.1 Å². The third-order valence-electron chi connectivity index (χ3n) is 5.60. The molecule has 0 radical (unpaired) electrons. The molecule has 31 heavy (non-hydrogen) atoms. The molecule has 0 saturated carbocycles. The lowest BCUT2D eigenvalue weighted by molar-refractivity contribution is -0.127. The highest BCUT2D eigenvalue weighted by molar-refractivity contribution is 5.87. The van der Waals surface area contributed by atoms with Crippen LogP contribution in [-0.2, 0) is 4.79 Å². The van der Waals surface area contributed by atoms with Gasteiger partial charge >= 0.3 is 0 Å². The minimum atomic E-state index is -0.109. The van der Waals surface area contributed by atoms with Crippen LogP contribution in [0.2, 0.25) is 0 Å². The van der Waals surface area contributed by atoms with Gasteiger partial charge in [0.2, 0.25) is 5.91 Å². The predicted octanol–water partition coefficient (Wildman–Crippen LogP) is 2.81. The van der Waals surface area contributed by atoms with Crippen LogP contribution in [0.25, 0.3) is 11.1 Å². The van der Waals surface area contributed by atoms with Crippen molar-refractivity contribution in [3.8, 4) is 11.1 Å². The number of aromatic amines is 1. The molecule has 166 valence electrons. The molecule has 2 N–H and O–H groups in total. The molecule has 1 aliphatic rings. The molecule has 1 amide bonds. The number of H-pyrrole nitrogens is 1. The van der Waals surface area contributed by atoms with Gasteiger partial charge in [-0.1, -0.05) is 19.9 Å². The lowest BCUT2D eigenvalue weighted by Gasteiger charge is -2.39. The van der Waals surface area contributed by atoms with Crippen LogP contribution in [0, 0.1) is 0 Å². The molecule has 0 aliphatic carbocycles. The van der Waals surface area contributed by atoms with E-state index < -0.39 is 0 Å². The maximum absolute atomic E-state index is 12.7. The fourth-order valence-electron chi connectivity index (χ4n) is 4.00. The van der Waals surface area contributed by atoms with Crippen molar-refractivity contribution in [2.75, 3.05) is 31.1 Å². The molecule has 1 fully saturated rings. The van der Waals surface area contributed by atoms with Gasteiger partial charge in [-0.2, -0.15) is 0 Å². The molecule has 1 saturated heterocycles. The highest BCUT2D eigenvalue weighted by atomic mass is 16.2. The summed E-state index contributed by atoms with van der Waals surface area (Å²) in [6.07, 6.45) is 10.6. The molecule has 1 aliphatic heterocycles. The monoisotopic (exact) mass is 423 g/mol. The van der Waals surface area contributed by atoms with Gasteiger partial charge in [-0.25, -0.2) is 0 Å². The van der Waals surface area contributed by atoms with Crippen molar-refractivity contribution >= 4 is 11.6 Å². The van der Waals surface area contributed by atoms with Crippen LogP contribution in [-0.4, -0.2) is 59.0 Å². The summed E-state index contributed by atoms with van der Waals surface area (Å²) in [6, 6.07) is 6.29. The lowest BCUT2D eigenvalue weighted by atomic mass is 10.0. The van der Waals surface area contributed by atoms with E-state index in [0.29, 0.717) is 31.4 Å². The second kappa shape index (κ2) is 10.9. The average molecular weight is 424 g/mol. The zero-order valence-electron chi connectivity index (χ0n) is 18.7. The normalized spacial score (nSPS) is 16.8. The molecule has 0 spiro atoms. The number of hydrogen-bond acceptors (Lipinski definition) is 5. The Morgan fingerprint density at radius 3 is 2.84 bits per heavy atom. The largest absolute Gasteiger partial charge is 0.363 e. The Bertz CT molecular complexity index is 938. The van der Waals surface area contributed by atoms with Crippen molar-refractivity contribution in [3.63, 3.8) is 0 Å². The Morgan fingerprint density at radius 1 is 1.35 bits per heavy atom. The Morgan fingerprint density at radius 2 is 2.13 bits per heavy atom. The van der Waals surface area contributed by atoms with Gasteiger partial charge in [0.25, 0.3) is 5.56 Å². The summed E-state index contributed by atoms with van der Waals surface area (Å²) in [5.41, 5.74) is 2.49. The zero-order valence-corrected chi connectivity index (χ0v) is 18.7. The molecular weight excluding hydrogens is 390 g/mol. The van der Waals surface area contributed by atoms with Crippen LogP contribution in [0.15, 0.2) is 53.7 Å². The first-order chi connectivity index (χ1) is 15.0. The van der Waals surface area contributed by atoms with Crippen LogP contribution in [0.5, 0.6) is 0 Å². The van der Waals surface area contributed by atoms with Crippen LogP contribution in [0.3, 0.4) is 0 Å². The number of amides is 1. The van der Waals surface area contributed by atoms with Crippen molar-refractivity contribution in [1.29, 1.82) is 0 Å². The Hall–Kier alpha value is -2.93. The van der Waals surface area contributed by atoms with Gasteiger partial charge in [-0.05, 0) is 43.5 Å². The van der Waals surface area contributed by atoms with E-state index in [1.165, 1.54) is 0 Å². The van der Waals surface area contributed by atoms with E-state index in [-0.39, 0.29) is 17.5 Å². The number of nitrogens with zero attached hydrogens (tertiary/aromatic N) is 3. The number of likely N-dealkylation sites (N-methyl/N-ethyl adjacent to an activating group) is 1. The Labute approximate surface area is 184 Å². The first kappa shape index (κ1) is 22.7. The molecule has 7 heteroatoms. The summed E-state index contributed by atoms with van der Waals surface area (Å²) in [6.45, 7) is 8.96. The van der Waals surface area contributed by atoms with E-state index in [9.17, 15) is 9.59 Å². The van der Waals surface area contributed by atoms with E-state index in [1.807, 2.05) is 29.2 Å². The summed E-state index contributed by atoms with van der Waals surface area (Å²) < 4.78 is 0. The standard InChI is InChI=1S/C24H33N5O2/c1-4-29(22-15-20(16-27-24(22)31)19-9-12-25-13-10-19)21-7-6-14-28(17-21)23(30)8-5-11-26-18(2)3/h5,8-10,12-13,15-16,18,21,26H,4,6-7,11,14,17H2,1-3H3,(H,27,31)/t21-/m0/s1. The maximum Gasteiger partial charge on any atom is 0.271 e. The number of carbonyl (C=O) groups is 1. The van der Waals surface area contributed by atoms with E-state index >= 15 is 0 Å². The minimum Gasteiger partial charge on any atom is -0.363 e. The second-order valence-electron chi connectivity index (χ2n) is 8.17. The number of anilines is 1. The summed E-state index contributed by atoms with van der Waals surface area (Å²) >= 11 is 0. The molecule has 3 heterocycles. The van der Waals surface area contributed by atoms with Gasteiger partial charge in [0.05, 0.1) is 0 Å². The molecule has 1 atom stereocenters. The quantitative estimate of drug-likeness (QED) is 0.638. The third-order valence-corrected chi connectivity index (χ3v) is 5.60. The average Bonchev–Trinajstić information content (AvgIpc) is 2.79. The molecular formula is C24H33N5O2. The molecule has 3 rings (SSSR count). The number of rotatable bonds is 8. The van der Waals surface area contributed by atoms with E-state index in [2.05, 4.69) is 41.0 Å². The van der Waals surface area contributed by atoms with Gasteiger partial charge in [-0.15, -0.1) is 0 Å². The first-order valence-electron chi connectivity index (χ1n) is 11.1. The number of aromatic nitrogens is 2. The fourth-order valence-corrected chi connectivity index (χ4v) is 4.00. The van der Waals surface area contributed by atoms with Gasteiger partial charge in [0, 0.05) is 68.5 Å². The van der Waals surface area contributed by atoms with Crippen molar-refractivity contribution in [2.24, 2.45) is 0 Å². The van der Waals surface area contributed by atoms with Gasteiger partial charge in [0.1, 0.15) is 5.69 Å². The summed E-state index contributed by atoms with van der Waals surface area (Å²) in [5, 5.41) is 3.28. The maximum atomic E-state index is 12.7. The van der Waals surface area contributed by atoms with Crippen LogP contribution < -0.4 is 15.8 Å². The van der Waals surface area contributed by atoms with E-state index in [0.717, 1.165) is 30.5 Å². The minimum absolute atomic E-state index is 0.0331. The number of likely N-dealkylation sites (tertiary alicyclic amines) is 1. The zero-order chi connectivity index (χ0) is 22.2. The number of carbonyl (C=O) groups excluding carboxylic acids is 1. The lowest BCUT2D eigenvalue weighted by Crippen LogP contribution is -2.50. The fraction of sp³-hybridized carbons (Fsp3) is 0.458. The van der Waals surface area contributed by atoms with Crippen molar-refractivity contribution in [1.82, 2.24) is 20.2 Å². The second-order valence-corrected chi connectivity index (χ2v) is 8.17. The molecule has 7 nitrogen and oxygen atoms in total. The number of hydrogen-bond donors (Lipinski definition) is 2. The van der Waals surface area contributed by atoms with Crippen LogP contribution >= 0.6 is 0 Å². The van der Waals surface area contributed by atoms with Crippen LogP contribution in [0.1, 0.15) is 33.6 Å². The van der Waals surface area contributed by atoms with Crippen molar-refractivity contribution in [3.05, 3.63) is 59.3 Å². The van der Waals surface area contributed by atoms with Crippen molar-refractivity contribution < 1.29 is 4.79 Å². The van der Waals surface area contributed by atoms with Gasteiger partial charge in [-0.3, -0.25) is 14.6 Å². The topological polar surface area (TPSA) is 81.3 Å². The number of pyridine rings is 2. The summed E-state index contributed by atoms with van der Waals surface area (Å²) in [5.74, 6) is 0.0331. The Kier molecular flexibility index (Phi) is 8.00. The molecule has 0 bridgehead atoms. The number of nitrogens with one attached hydrogen (secondary N) is 2. The molecule has 2 aromatic rings. The SMILES string of the molecule is CCN(c1cc(-c2ccncc2)c[nH]c1=O)[C@H]1CCCN(C(=O)C=CCNC(C)C)C1.